The average molecular weight is 380 g/mol. The minimum absolute atomic E-state index is 0.196. The van der Waals surface area contributed by atoms with Crippen molar-refractivity contribution in [2.45, 2.75) is 20.3 Å². The predicted molar refractivity (Wildman–Crippen MR) is 106 cm³/mol. The SMILES string of the molecule is CC(=O)Oc1cccc(C(=O)NCCc2ccc(-c3csc(C)n3)cc2)c1. The van der Waals surface area contributed by atoms with Crippen molar-refractivity contribution in [3.8, 4) is 17.0 Å². The van der Waals surface area contributed by atoms with Gasteiger partial charge in [0.2, 0.25) is 0 Å². The second-order valence-corrected chi connectivity index (χ2v) is 7.14. The van der Waals surface area contributed by atoms with Gasteiger partial charge in [0.05, 0.1) is 10.7 Å². The van der Waals surface area contributed by atoms with Gasteiger partial charge < -0.3 is 10.1 Å². The van der Waals surface area contributed by atoms with Crippen LogP contribution < -0.4 is 10.1 Å². The number of rotatable bonds is 6. The number of carbonyl (C=O) groups is 2. The Labute approximate surface area is 162 Å². The maximum absolute atomic E-state index is 12.3. The van der Waals surface area contributed by atoms with Crippen LogP contribution in [-0.2, 0) is 11.2 Å². The maximum Gasteiger partial charge on any atom is 0.308 e. The minimum Gasteiger partial charge on any atom is -0.427 e. The second kappa shape index (κ2) is 8.60. The van der Waals surface area contributed by atoms with E-state index >= 15 is 0 Å². The maximum atomic E-state index is 12.3. The molecule has 0 bridgehead atoms. The first-order valence-electron chi connectivity index (χ1n) is 8.59. The highest BCUT2D eigenvalue weighted by Gasteiger charge is 2.08. The fourth-order valence-corrected chi connectivity index (χ4v) is 3.25. The van der Waals surface area contributed by atoms with Crippen LogP contribution in [0, 0.1) is 6.92 Å². The molecule has 1 N–H and O–H groups in total. The molecule has 5 nitrogen and oxygen atoms in total. The van der Waals surface area contributed by atoms with Gasteiger partial charge in [-0.2, -0.15) is 0 Å². The molecule has 0 saturated heterocycles. The summed E-state index contributed by atoms with van der Waals surface area (Å²) in [6.07, 6.45) is 0.728. The van der Waals surface area contributed by atoms with E-state index in [0.717, 1.165) is 28.2 Å². The number of carbonyl (C=O) groups excluding carboxylic acids is 2. The highest BCUT2D eigenvalue weighted by Crippen LogP contribution is 2.21. The molecule has 0 spiro atoms. The third-order valence-electron chi connectivity index (χ3n) is 3.93. The summed E-state index contributed by atoms with van der Waals surface area (Å²) >= 11 is 1.64. The smallest absolute Gasteiger partial charge is 0.308 e. The van der Waals surface area contributed by atoms with Crippen LogP contribution in [-0.4, -0.2) is 23.4 Å². The number of benzene rings is 2. The fraction of sp³-hybridized carbons (Fsp3) is 0.190. The van der Waals surface area contributed by atoms with Gasteiger partial charge in [-0.05, 0) is 37.1 Å². The molecule has 6 heteroatoms. The zero-order valence-corrected chi connectivity index (χ0v) is 16.0. The lowest BCUT2D eigenvalue weighted by Crippen LogP contribution is -2.25. The van der Waals surface area contributed by atoms with Gasteiger partial charge in [-0.1, -0.05) is 30.3 Å². The van der Waals surface area contributed by atoms with Gasteiger partial charge >= 0.3 is 5.97 Å². The van der Waals surface area contributed by atoms with E-state index in [4.69, 9.17) is 4.74 Å². The van der Waals surface area contributed by atoms with E-state index in [2.05, 4.69) is 27.8 Å². The zero-order valence-electron chi connectivity index (χ0n) is 15.2. The number of ether oxygens (including phenoxy) is 1. The number of hydrogen-bond acceptors (Lipinski definition) is 5. The molecule has 1 heterocycles. The van der Waals surface area contributed by atoms with E-state index in [1.807, 2.05) is 19.1 Å². The molecule has 1 aromatic heterocycles. The zero-order chi connectivity index (χ0) is 19.2. The summed E-state index contributed by atoms with van der Waals surface area (Å²) in [5.74, 6) is -0.245. The van der Waals surface area contributed by atoms with Gasteiger partial charge in [0.15, 0.2) is 0 Å². The largest absolute Gasteiger partial charge is 0.427 e. The normalized spacial score (nSPS) is 10.4. The summed E-state index contributed by atoms with van der Waals surface area (Å²) in [4.78, 5) is 27.8. The van der Waals surface area contributed by atoms with Crippen LogP contribution in [0.3, 0.4) is 0 Å². The topological polar surface area (TPSA) is 68.3 Å². The molecule has 0 radical (unpaired) electrons. The number of nitrogens with one attached hydrogen (secondary N) is 1. The van der Waals surface area contributed by atoms with Crippen LogP contribution in [0.2, 0.25) is 0 Å². The summed E-state index contributed by atoms with van der Waals surface area (Å²) in [5, 5.41) is 5.99. The fourth-order valence-electron chi connectivity index (χ4n) is 2.63. The number of nitrogens with zero attached hydrogens (tertiary/aromatic N) is 1. The lowest BCUT2D eigenvalue weighted by atomic mass is 10.1. The van der Waals surface area contributed by atoms with Gasteiger partial charge in [-0.25, -0.2) is 4.98 Å². The van der Waals surface area contributed by atoms with Gasteiger partial charge in [-0.3, -0.25) is 9.59 Å². The molecule has 3 aromatic rings. The Kier molecular flexibility index (Phi) is 5.98. The predicted octanol–water partition coefficient (Wildman–Crippen LogP) is 4.02. The molecular formula is C21H20N2O3S. The third-order valence-corrected chi connectivity index (χ3v) is 4.70. The van der Waals surface area contributed by atoms with Crippen LogP contribution in [0.25, 0.3) is 11.3 Å². The highest BCUT2D eigenvalue weighted by atomic mass is 32.1. The molecule has 0 atom stereocenters. The van der Waals surface area contributed by atoms with E-state index < -0.39 is 5.97 Å². The van der Waals surface area contributed by atoms with Crippen LogP contribution in [0.1, 0.15) is 27.9 Å². The Balaban J connectivity index is 1.53. The van der Waals surface area contributed by atoms with E-state index in [-0.39, 0.29) is 5.91 Å². The molecule has 0 aliphatic heterocycles. The summed E-state index contributed by atoms with van der Waals surface area (Å²) in [6, 6.07) is 14.8. The first-order valence-corrected chi connectivity index (χ1v) is 9.47. The van der Waals surface area contributed by atoms with Crippen LogP contribution in [0.5, 0.6) is 5.75 Å². The molecule has 0 aliphatic rings. The van der Waals surface area contributed by atoms with Gasteiger partial charge in [-0.15, -0.1) is 11.3 Å². The van der Waals surface area contributed by atoms with E-state index in [9.17, 15) is 9.59 Å². The number of amides is 1. The molecule has 0 aliphatic carbocycles. The Hall–Kier alpha value is -2.99. The minimum atomic E-state index is -0.413. The van der Waals surface area contributed by atoms with E-state index in [1.54, 1.807) is 35.6 Å². The summed E-state index contributed by atoms with van der Waals surface area (Å²) in [5.41, 5.74) is 3.68. The van der Waals surface area contributed by atoms with E-state index in [1.165, 1.54) is 6.92 Å². The lowest BCUT2D eigenvalue weighted by molar-refractivity contribution is -0.131. The molecule has 3 rings (SSSR count). The number of aromatic nitrogens is 1. The molecule has 0 saturated carbocycles. The monoisotopic (exact) mass is 380 g/mol. The molecule has 138 valence electrons. The Morgan fingerprint density at radius 3 is 2.59 bits per heavy atom. The average Bonchev–Trinajstić information content (AvgIpc) is 3.08. The van der Waals surface area contributed by atoms with E-state index in [0.29, 0.717) is 17.9 Å². The first-order chi connectivity index (χ1) is 13.0. The number of aryl methyl sites for hydroxylation is 1. The van der Waals surface area contributed by atoms with Crippen LogP contribution in [0.4, 0.5) is 0 Å². The van der Waals surface area contributed by atoms with Crippen LogP contribution >= 0.6 is 11.3 Å². The van der Waals surface area contributed by atoms with Crippen molar-refractivity contribution in [2.75, 3.05) is 6.54 Å². The second-order valence-electron chi connectivity index (χ2n) is 6.08. The summed E-state index contributed by atoms with van der Waals surface area (Å²) in [6.45, 7) is 3.84. The number of hydrogen-bond donors (Lipinski definition) is 1. The summed E-state index contributed by atoms with van der Waals surface area (Å²) in [7, 11) is 0. The summed E-state index contributed by atoms with van der Waals surface area (Å²) < 4.78 is 5.00. The Morgan fingerprint density at radius 1 is 1.15 bits per heavy atom. The molecule has 2 aromatic carbocycles. The first kappa shape index (κ1) is 18.8. The van der Waals surface area contributed by atoms with Gasteiger partial charge in [0.25, 0.3) is 5.91 Å². The molecular weight excluding hydrogens is 360 g/mol. The molecule has 0 unspecified atom stereocenters. The lowest BCUT2D eigenvalue weighted by Gasteiger charge is -2.07. The van der Waals surface area contributed by atoms with Crippen molar-refractivity contribution in [3.05, 3.63) is 70.0 Å². The van der Waals surface area contributed by atoms with Gasteiger partial charge in [0.1, 0.15) is 5.75 Å². The molecule has 27 heavy (non-hydrogen) atoms. The van der Waals surface area contributed by atoms with Crippen LogP contribution in [0.15, 0.2) is 53.9 Å². The number of thiazole rings is 1. The van der Waals surface area contributed by atoms with Crippen molar-refractivity contribution < 1.29 is 14.3 Å². The standard InChI is InChI=1S/C21H20N2O3S/c1-14-23-20(13-27-14)17-8-6-16(7-9-17)10-11-22-21(25)18-4-3-5-19(12-18)26-15(2)24/h3-9,12-13H,10-11H2,1-2H3,(H,22,25). The Morgan fingerprint density at radius 2 is 1.93 bits per heavy atom. The van der Waals surface area contributed by atoms with Crippen molar-refractivity contribution in [2.24, 2.45) is 0 Å². The third kappa shape index (κ3) is 5.24. The van der Waals surface area contributed by atoms with Crippen molar-refractivity contribution >= 4 is 23.2 Å². The van der Waals surface area contributed by atoms with Crippen molar-refractivity contribution in [1.82, 2.24) is 10.3 Å². The highest BCUT2D eigenvalue weighted by molar-refractivity contribution is 7.09. The molecule has 0 fully saturated rings. The Bertz CT molecular complexity index is 948. The van der Waals surface area contributed by atoms with Gasteiger partial charge in [0, 0.05) is 30.0 Å². The number of esters is 1. The quantitative estimate of drug-likeness (QED) is 0.518. The van der Waals surface area contributed by atoms with Crippen molar-refractivity contribution in [3.63, 3.8) is 0 Å². The molecule has 1 amide bonds. The van der Waals surface area contributed by atoms with Crippen molar-refractivity contribution in [1.29, 1.82) is 0 Å².